The van der Waals surface area contributed by atoms with Crippen LogP contribution in [0.1, 0.15) is 25.8 Å². The number of oxime groups is 1. The van der Waals surface area contributed by atoms with Crippen LogP contribution in [0.2, 0.25) is 5.02 Å². The second kappa shape index (κ2) is 6.01. The predicted molar refractivity (Wildman–Crippen MR) is 69.6 cm³/mol. The lowest BCUT2D eigenvalue weighted by Crippen LogP contribution is -2.13. The summed E-state index contributed by atoms with van der Waals surface area (Å²) in [6.45, 7) is 4.31. The summed E-state index contributed by atoms with van der Waals surface area (Å²) in [5.74, 6) is 0.0325. The van der Waals surface area contributed by atoms with Gasteiger partial charge >= 0.3 is 0 Å². The van der Waals surface area contributed by atoms with Gasteiger partial charge in [-0.2, -0.15) is 0 Å². The van der Waals surface area contributed by atoms with Crippen LogP contribution in [-0.2, 0) is 0 Å². The topological polar surface area (TPSA) is 58.6 Å². The molecule has 0 aliphatic carbocycles. The van der Waals surface area contributed by atoms with Gasteiger partial charge in [0.1, 0.15) is 0 Å². The summed E-state index contributed by atoms with van der Waals surface area (Å²) in [5.41, 5.74) is 6.03. The monoisotopic (exact) mass is 258 g/mol. The highest BCUT2D eigenvalue weighted by atomic mass is 35.5. The average molecular weight is 259 g/mol. The van der Waals surface area contributed by atoms with Crippen LogP contribution in [0.15, 0.2) is 28.3 Å². The van der Waals surface area contributed by atoms with Crippen LogP contribution in [0.3, 0.4) is 0 Å². The van der Waals surface area contributed by atoms with Gasteiger partial charge in [-0.05, 0) is 24.6 Å². The lowest BCUT2D eigenvalue weighted by molar-refractivity contribution is 0.318. The summed E-state index contributed by atoms with van der Waals surface area (Å²) in [6, 6.07) is 5.53. The van der Waals surface area contributed by atoms with Gasteiger partial charge in [0.05, 0.1) is 5.02 Å². The molecule has 3 N–H and O–H groups in total. The number of hydrogen-bond acceptors (Lipinski definition) is 3. The number of halogens is 1. The zero-order chi connectivity index (χ0) is 12.1. The van der Waals surface area contributed by atoms with Crippen LogP contribution >= 0.6 is 23.4 Å². The molecule has 16 heavy (non-hydrogen) atoms. The fourth-order valence-corrected chi connectivity index (χ4v) is 2.45. The number of nitrogens with two attached hydrogens (primary N) is 1. The highest BCUT2D eigenvalue weighted by molar-refractivity contribution is 7.99. The van der Waals surface area contributed by atoms with Crippen LogP contribution in [0.5, 0.6) is 0 Å². The van der Waals surface area contributed by atoms with Crippen molar-refractivity contribution in [2.75, 3.05) is 0 Å². The Balaban J connectivity index is 2.91. The SMILES string of the molecule is CCC(C)Sc1ccc(C(N)=NO)c(Cl)c1. The molecule has 1 aromatic carbocycles. The van der Waals surface area contributed by atoms with Gasteiger partial charge in [-0.3, -0.25) is 0 Å². The molecule has 3 nitrogen and oxygen atoms in total. The molecule has 0 fully saturated rings. The van der Waals surface area contributed by atoms with E-state index >= 15 is 0 Å². The number of thioether (sulfide) groups is 1. The standard InChI is InChI=1S/C11H15ClN2OS/c1-3-7(2)16-8-4-5-9(10(12)6-8)11(13)14-15/h4-7,15H,3H2,1-2H3,(H2,13,14). The average Bonchev–Trinajstić information content (AvgIpc) is 2.28. The largest absolute Gasteiger partial charge is 0.409 e. The van der Waals surface area contributed by atoms with Crippen LogP contribution in [-0.4, -0.2) is 16.3 Å². The van der Waals surface area contributed by atoms with E-state index in [9.17, 15) is 0 Å². The lowest BCUT2D eigenvalue weighted by atomic mass is 10.2. The van der Waals surface area contributed by atoms with Gasteiger partial charge in [0.25, 0.3) is 0 Å². The Labute approximate surface area is 105 Å². The molecule has 88 valence electrons. The van der Waals surface area contributed by atoms with Crippen LogP contribution in [0.25, 0.3) is 0 Å². The van der Waals surface area contributed by atoms with Crippen LogP contribution < -0.4 is 5.73 Å². The predicted octanol–water partition coefficient (Wildman–Crippen LogP) is 3.33. The first-order chi connectivity index (χ1) is 7.58. The Morgan fingerprint density at radius 2 is 2.31 bits per heavy atom. The van der Waals surface area contributed by atoms with Crippen molar-refractivity contribution in [1.29, 1.82) is 0 Å². The smallest absolute Gasteiger partial charge is 0.171 e. The molecule has 0 aromatic heterocycles. The van der Waals surface area contributed by atoms with Crippen molar-refractivity contribution < 1.29 is 5.21 Å². The van der Waals surface area contributed by atoms with E-state index in [0.29, 0.717) is 15.8 Å². The second-order valence-electron chi connectivity index (χ2n) is 3.46. The summed E-state index contributed by atoms with van der Waals surface area (Å²) >= 11 is 7.80. The molecule has 0 radical (unpaired) electrons. The quantitative estimate of drug-likeness (QED) is 0.286. The lowest BCUT2D eigenvalue weighted by Gasteiger charge is -2.09. The van der Waals surface area contributed by atoms with Crippen molar-refractivity contribution in [3.8, 4) is 0 Å². The molecule has 0 saturated carbocycles. The molecule has 0 aliphatic rings. The summed E-state index contributed by atoms with van der Waals surface area (Å²) in [5, 5.41) is 12.5. The minimum absolute atomic E-state index is 0.0325. The van der Waals surface area contributed by atoms with E-state index in [-0.39, 0.29) is 5.84 Å². The van der Waals surface area contributed by atoms with Gasteiger partial charge in [-0.15, -0.1) is 11.8 Å². The fraction of sp³-hybridized carbons (Fsp3) is 0.364. The first-order valence-corrected chi connectivity index (χ1v) is 6.28. The van der Waals surface area contributed by atoms with Gasteiger partial charge in [-0.25, -0.2) is 0 Å². The molecule has 0 bridgehead atoms. The molecule has 1 rings (SSSR count). The first kappa shape index (κ1) is 13.2. The van der Waals surface area contributed by atoms with Crippen molar-refractivity contribution in [2.24, 2.45) is 10.9 Å². The molecule has 0 saturated heterocycles. The minimum atomic E-state index is 0.0325. The molecule has 5 heteroatoms. The molecular formula is C11H15ClN2OS. The summed E-state index contributed by atoms with van der Waals surface area (Å²) in [4.78, 5) is 1.09. The summed E-state index contributed by atoms with van der Waals surface area (Å²) in [6.07, 6.45) is 1.10. The number of amidine groups is 1. The number of benzene rings is 1. The highest BCUT2D eigenvalue weighted by Gasteiger charge is 2.08. The third-order valence-corrected chi connectivity index (χ3v) is 3.81. The normalized spacial score (nSPS) is 13.8. The highest BCUT2D eigenvalue weighted by Crippen LogP contribution is 2.28. The van der Waals surface area contributed by atoms with Gasteiger partial charge in [0.15, 0.2) is 5.84 Å². The van der Waals surface area contributed by atoms with Crippen molar-refractivity contribution in [1.82, 2.24) is 0 Å². The number of nitrogens with zero attached hydrogens (tertiary/aromatic N) is 1. The summed E-state index contributed by atoms with van der Waals surface area (Å²) in [7, 11) is 0. The molecule has 1 aromatic rings. The van der Waals surface area contributed by atoms with Gasteiger partial charge in [0.2, 0.25) is 0 Å². The maximum absolute atomic E-state index is 8.56. The van der Waals surface area contributed by atoms with E-state index in [4.69, 9.17) is 22.5 Å². The van der Waals surface area contributed by atoms with E-state index in [1.54, 1.807) is 17.8 Å². The molecule has 0 spiro atoms. The van der Waals surface area contributed by atoms with E-state index < -0.39 is 0 Å². The van der Waals surface area contributed by atoms with Crippen LogP contribution in [0.4, 0.5) is 0 Å². The third kappa shape index (κ3) is 3.32. The molecule has 0 aliphatic heterocycles. The van der Waals surface area contributed by atoms with E-state index in [1.165, 1.54) is 0 Å². The molecule has 1 atom stereocenters. The summed E-state index contributed by atoms with van der Waals surface area (Å²) < 4.78 is 0. The molecular weight excluding hydrogens is 244 g/mol. The van der Waals surface area contributed by atoms with Crippen molar-refractivity contribution >= 4 is 29.2 Å². The Kier molecular flexibility index (Phi) is 4.96. The van der Waals surface area contributed by atoms with Crippen molar-refractivity contribution in [3.05, 3.63) is 28.8 Å². The van der Waals surface area contributed by atoms with Crippen molar-refractivity contribution in [3.63, 3.8) is 0 Å². The zero-order valence-electron chi connectivity index (χ0n) is 9.27. The zero-order valence-corrected chi connectivity index (χ0v) is 10.8. The Bertz CT molecular complexity index is 396. The minimum Gasteiger partial charge on any atom is -0.409 e. The fourth-order valence-electron chi connectivity index (χ4n) is 1.15. The Hall–Kier alpha value is -0.870. The Morgan fingerprint density at radius 1 is 1.62 bits per heavy atom. The maximum atomic E-state index is 8.56. The molecule has 0 amide bonds. The van der Waals surface area contributed by atoms with Gasteiger partial charge < -0.3 is 10.9 Å². The molecule has 1 unspecified atom stereocenters. The van der Waals surface area contributed by atoms with E-state index in [0.717, 1.165) is 11.3 Å². The van der Waals surface area contributed by atoms with Gasteiger partial charge in [0, 0.05) is 15.7 Å². The van der Waals surface area contributed by atoms with E-state index in [1.807, 2.05) is 12.1 Å². The van der Waals surface area contributed by atoms with Gasteiger partial charge in [-0.1, -0.05) is 30.6 Å². The van der Waals surface area contributed by atoms with Crippen LogP contribution in [0, 0.1) is 0 Å². The maximum Gasteiger partial charge on any atom is 0.171 e. The Morgan fingerprint density at radius 3 is 2.81 bits per heavy atom. The van der Waals surface area contributed by atoms with E-state index in [2.05, 4.69) is 19.0 Å². The number of hydrogen-bond donors (Lipinski definition) is 2. The second-order valence-corrected chi connectivity index (χ2v) is 5.38. The third-order valence-electron chi connectivity index (χ3n) is 2.24. The molecule has 0 heterocycles. The van der Waals surface area contributed by atoms with Crippen molar-refractivity contribution in [2.45, 2.75) is 30.4 Å². The number of rotatable bonds is 4. The first-order valence-electron chi connectivity index (χ1n) is 5.02.